The first kappa shape index (κ1) is 12.7. The van der Waals surface area contributed by atoms with Crippen LogP contribution in [0.4, 0.5) is 0 Å². The molecule has 0 bridgehead atoms. The van der Waals surface area contributed by atoms with E-state index < -0.39 is 0 Å². The normalized spacial score (nSPS) is 12.1. The van der Waals surface area contributed by atoms with Gasteiger partial charge in [-0.3, -0.25) is 4.79 Å². The number of benzene rings is 1. The lowest BCUT2D eigenvalue weighted by atomic mass is 9.96. The Bertz CT molecular complexity index is 311. The molecule has 88 valence electrons. The van der Waals surface area contributed by atoms with Crippen molar-refractivity contribution in [3.05, 3.63) is 35.9 Å². The fourth-order valence-electron chi connectivity index (χ4n) is 1.69. The van der Waals surface area contributed by atoms with Gasteiger partial charge in [0.1, 0.15) is 0 Å². The Hall–Kier alpha value is -1.35. The van der Waals surface area contributed by atoms with Crippen molar-refractivity contribution in [2.45, 2.75) is 19.3 Å². The molecule has 0 fully saturated rings. The first-order valence-corrected chi connectivity index (χ1v) is 5.76. The maximum Gasteiger partial charge on any atom is 0.227 e. The van der Waals surface area contributed by atoms with Gasteiger partial charge in [0.15, 0.2) is 0 Å². The van der Waals surface area contributed by atoms with Gasteiger partial charge in [-0.25, -0.2) is 0 Å². The van der Waals surface area contributed by atoms with Crippen LogP contribution in [0.25, 0.3) is 0 Å². The molecule has 1 unspecified atom stereocenters. The van der Waals surface area contributed by atoms with Gasteiger partial charge in [-0.2, -0.15) is 0 Å². The van der Waals surface area contributed by atoms with Crippen LogP contribution >= 0.6 is 0 Å². The number of carbonyl (C=O) groups excluding carboxylic acids is 1. The zero-order chi connectivity index (χ0) is 11.8. The van der Waals surface area contributed by atoms with Gasteiger partial charge in [-0.15, -0.1) is 0 Å². The van der Waals surface area contributed by atoms with Crippen molar-refractivity contribution in [1.82, 2.24) is 10.6 Å². The van der Waals surface area contributed by atoms with Crippen LogP contribution in [0.2, 0.25) is 0 Å². The minimum Gasteiger partial charge on any atom is -0.354 e. The molecule has 0 saturated heterocycles. The standard InChI is InChI=1S/C13H20N2O/c1-3-12(11-7-5-4-6-8-11)13(16)15-10-9-14-2/h4-8,12,14H,3,9-10H2,1-2H3,(H,15,16). The molecule has 0 heterocycles. The van der Waals surface area contributed by atoms with Gasteiger partial charge in [0.05, 0.1) is 5.92 Å². The summed E-state index contributed by atoms with van der Waals surface area (Å²) in [4.78, 5) is 11.9. The summed E-state index contributed by atoms with van der Waals surface area (Å²) in [5, 5.41) is 5.94. The lowest BCUT2D eigenvalue weighted by Crippen LogP contribution is -2.34. The van der Waals surface area contributed by atoms with Gasteiger partial charge in [-0.05, 0) is 19.0 Å². The number of likely N-dealkylation sites (N-methyl/N-ethyl adjacent to an activating group) is 1. The third-order valence-corrected chi connectivity index (χ3v) is 2.60. The SMILES string of the molecule is CCC(C(=O)NCCNC)c1ccccc1. The summed E-state index contributed by atoms with van der Waals surface area (Å²) >= 11 is 0. The molecular weight excluding hydrogens is 200 g/mol. The molecule has 1 atom stereocenters. The molecule has 0 saturated carbocycles. The molecule has 2 N–H and O–H groups in total. The highest BCUT2D eigenvalue weighted by atomic mass is 16.1. The molecular formula is C13H20N2O. The lowest BCUT2D eigenvalue weighted by Gasteiger charge is -2.15. The van der Waals surface area contributed by atoms with E-state index in [4.69, 9.17) is 0 Å². The Morgan fingerprint density at radius 3 is 2.50 bits per heavy atom. The zero-order valence-corrected chi connectivity index (χ0v) is 9.99. The Morgan fingerprint density at radius 2 is 1.94 bits per heavy atom. The van der Waals surface area contributed by atoms with Crippen LogP contribution in [0.3, 0.4) is 0 Å². The molecule has 0 aliphatic heterocycles. The average molecular weight is 220 g/mol. The van der Waals surface area contributed by atoms with Crippen molar-refractivity contribution in [3.63, 3.8) is 0 Å². The van der Waals surface area contributed by atoms with Crippen LogP contribution in [0.5, 0.6) is 0 Å². The van der Waals surface area contributed by atoms with Gasteiger partial charge in [-0.1, -0.05) is 37.3 Å². The maximum atomic E-state index is 11.9. The van der Waals surface area contributed by atoms with E-state index in [0.29, 0.717) is 6.54 Å². The van der Waals surface area contributed by atoms with E-state index in [1.807, 2.05) is 44.3 Å². The summed E-state index contributed by atoms with van der Waals surface area (Å²) in [6.45, 7) is 3.52. The van der Waals surface area contributed by atoms with Crippen molar-refractivity contribution in [2.24, 2.45) is 0 Å². The van der Waals surface area contributed by atoms with Crippen molar-refractivity contribution in [3.8, 4) is 0 Å². The number of rotatable bonds is 6. The molecule has 1 rings (SSSR count). The molecule has 0 aliphatic carbocycles. The fraction of sp³-hybridized carbons (Fsp3) is 0.462. The van der Waals surface area contributed by atoms with Crippen molar-refractivity contribution in [2.75, 3.05) is 20.1 Å². The topological polar surface area (TPSA) is 41.1 Å². The van der Waals surface area contributed by atoms with E-state index in [0.717, 1.165) is 18.5 Å². The Morgan fingerprint density at radius 1 is 1.25 bits per heavy atom. The van der Waals surface area contributed by atoms with Crippen LogP contribution in [0.15, 0.2) is 30.3 Å². The summed E-state index contributed by atoms with van der Waals surface area (Å²) in [5.74, 6) is 0.0852. The van der Waals surface area contributed by atoms with Crippen LogP contribution in [0, 0.1) is 0 Å². The van der Waals surface area contributed by atoms with E-state index in [1.165, 1.54) is 0 Å². The zero-order valence-electron chi connectivity index (χ0n) is 9.99. The quantitative estimate of drug-likeness (QED) is 0.714. The molecule has 3 heteroatoms. The van der Waals surface area contributed by atoms with E-state index in [2.05, 4.69) is 10.6 Å². The van der Waals surface area contributed by atoms with E-state index >= 15 is 0 Å². The van der Waals surface area contributed by atoms with Crippen LogP contribution in [0.1, 0.15) is 24.8 Å². The predicted octanol–water partition coefficient (Wildman–Crippen LogP) is 1.52. The van der Waals surface area contributed by atoms with Crippen LogP contribution in [-0.2, 0) is 4.79 Å². The van der Waals surface area contributed by atoms with E-state index in [1.54, 1.807) is 0 Å². The number of nitrogens with one attached hydrogen (secondary N) is 2. The summed E-state index contributed by atoms with van der Waals surface area (Å²) in [6.07, 6.45) is 0.829. The van der Waals surface area contributed by atoms with E-state index in [9.17, 15) is 4.79 Å². The Balaban J connectivity index is 2.57. The summed E-state index contributed by atoms with van der Waals surface area (Å²) in [6, 6.07) is 9.92. The van der Waals surface area contributed by atoms with Crippen molar-refractivity contribution in [1.29, 1.82) is 0 Å². The minimum atomic E-state index is -0.0296. The maximum absolute atomic E-state index is 11.9. The van der Waals surface area contributed by atoms with Gasteiger partial charge >= 0.3 is 0 Å². The monoisotopic (exact) mass is 220 g/mol. The molecule has 0 aliphatic rings. The second-order valence-corrected chi connectivity index (χ2v) is 3.77. The van der Waals surface area contributed by atoms with E-state index in [-0.39, 0.29) is 11.8 Å². The summed E-state index contributed by atoms with van der Waals surface area (Å²) in [5.41, 5.74) is 1.09. The Labute approximate surface area is 97.2 Å². The second-order valence-electron chi connectivity index (χ2n) is 3.77. The Kier molecular flexibility index (Phi) is 5.57. The number of hydrogen-bond acceptors (Lipinski definition) is 2. The highest BCUT2D eigenvalue weighted by molar-refractivity contribution is 5.83. The first-order chi connectivity index (χ1) is 7.79. The third kappa shape index (κ3) is 3.66. The average Bonchev–Trinajstić information content (AvgIpc) is 2.32. The van der Waals surface area contributed by atoms with Crippen molar-refractivity contribution < 1.29 is 4.79 Å². The van der Waals surface area contributed by atoms with Gasteiger partial charge in [0.2, 0.25) is 5.91 Å². The first-order valence-electron chi connectivity index (χ1n) is 5.76. The predicted molar refractivity (Wildman–Crippen MR) is 66.4 cm³/mol. The van der Waals surface area contributed by atoms with Gasteiger partial charge < -0.3 is 10.6 Å². The molecule has 1 aromatic carbocycles. The smallest absolute Gasteiger partial charge is 0.227 e. The largest absolute Gasteiger partial charge is 0.354 e. The number of amides is 1. The van der Waals surface area contributed by atoms with Crippen LogP contribution in [-0.4, -0.2) is 26.0 Å². The summed E-state index contributed by atoms with van der Waals surface area (Å²) in [7, 11) is 1.88. The fourth-order valence-corrected chi connectivity index (χ4v) is 1.69. The molecule has 0 spiro atoms. The summed E-state index contributed by atoms with van der Waals surface area (Å²) < 4.78 is 0. The van der Waals surface area contributed by atoms with Gasteiger partial charge in [0.25, 0.3) is 0 Å². The van der Waals surface area contributed by atoms with Crippen molar-refractivity contribution >= 4 is 5.91 Å². The molecule has 0 aromatic heterocycles. The molecule has 16 heavy (non-hydrogen) atoms. The highest BCUT2D eigenvalue weighted by Gasteiger charge is 2.17. The number of carbonyl (C=O) groups is 1. The lowest BCUT2D eigenvalue weighted by molar-refractivity contribution is -0.122. The molecule has 1 amide bonds. The van der Waals surface area contributed by atoms with Crippen LogP contribution < -0.4 is 10.6 Å². The van der Waals surface area contributed by atoms with Gasteiger partial charge in [0, 0.05) is 13.1 Å². The molecule has 1 aromatic rings. The second kappa shape index (κ2) is 7.01. The minimum absolute atomic E-state index is 0.0296. The highest BCUT2D eigenvalue weighted by Crippen LogP contribution is 2.18. The molecule has 0 radical (unpaired) electrons. The molecule has 3 nitrogen and oxygen atoms in total. The number of hydrogen-bond donors (Lipinski definition) is 2. The third-order valence-electron chi connectivity index (χ3n) is 2.60.